The summed E-state index contributed by atoms with van der Waals surface area (Å²) < 4.78 is 39.2. The molecule has 0 bridgehead atoms. The Morgan fingerprint density at radius 2 is 1.42 bits per heavy atom. The third kappa shape index (κ3) is 5.95. The van der Waals surface area contributed by atoms with E-state index < -0.39 is 35.8 Å². The van der Waals surface area contributed by atoms with Crippen LogP contribution in [0, 0.1) is 0 Å². The molecule has 0 unspecified atom stereocenters. The minimum Gasteiger partial charge on any atom is -0.324 e. The van der Waals surface area contributed by atoms with Crippen molar-refractivity contribution in [2.45, 2.75) is 12.7 Å². The molecule has 0 aliphatic rings. The molecule has 3 rings (SSSR count). The third-order valence-corrected chi connectivity index (χ3v) is 4.08. The van der Waals surface area contributed by atoms with Gasteiger partial charge in [-0.25, -0.2) is 4.79 Å². The van der Waals surface area contributed by atoms with Crippen LogP contribution in [-0.4, -0.2) is 16.5 Å². The highest BCUT2D eigenvalue weighted by molar-refractivity contribution is 6.00. The first kappa shape index (κ1) is 21.6. The van der Waals surface area contributed by atoms with E-state index in [1.807, 2.05) is 6.07 Å². The van der Waals surface area contributed by atoms with Gasteiger partial charge < -0.3 is 20.5 Å². The molecule has 7 nitrogen and oxygen atoms in total. The fraction of sp³-hybridized carbons (Fsp3) is 0.0952. The molecule has 3 N–H and O–H groups in total. The predicted molar refractivity (Wildman–Crippen MR) is 110 cm³/mol. The molecule has 0 fully saturated rings. The second-order valence-electron chi connectivity index (χ2n) is 6.43. The van der Waals surface area contributed by atoms with Gasteiger partial charge in [-0.1, -0.05) is 24.3 Å². The zero-order valence-corrected chi connectivity index (χ0v) is 15.9. The molecule has 0 aliphatic carbocycles. The van der Waals surface area contributed by atoms with Gasteiger partial charge in [0.25, 0.3) is 5.56 Å². The van der Waals surface area contributed by atoms with Crippen molar-refractivity contribution in [1.29, 1.82) is 0 Å². The normalized spacial score (nSPS) is 10.9. The molecule has 1 aromatic heterocycles. The van der Waals surface area contributed by atoms with Gasteiger partial charge in [-0.05, 0) is 42.5 Å². The average molecular weight is 430 g/mol. The van der Waals surface area contributed by atoms with Gasteiger partial charge in [0.2, 0.25) is 5.91 Å². The predicted octanol–water partition coefficient (Wildman–Crippen LogP) is 4.15. The number of halogens is 3. The Bertz CT molecular complexity index is 1140. The first-order valence-electron chi connectivity index (χ1n) is 9.02. The molecule has 0 atom stereocenters. The van der Waals surface area contributed by atoms with Crippen molar-refractivity contribution >= 4 is 29.0 Å². The summed E-state index contributed by atoms with van der Waals surface area (Å²) in [6.45, 7) is -0.602. The number of alkyl halides is 3. The van der Waals surface area contributed by atoms with Crippen LogP contribution >= 0.6 is 0 Å². The Balaban J connectivity index is 1.64. The van der Waals surface area contributed by atoms with Crippen LogP contribution in [-0.2, 0) is 17.5 Å². The number of hydrogen-bond donors (Lipinski definition) is 3. The first-order valence-corrected chi connectivity index (χ1v) is 9.02. The fourth-order valence-corrected chi connectivity index (χ4v) is 2.72. The van der Waals surface area contributed by atoms with E-state index in [-0.39, 0.29) is 0 Å². The monoisotopic (exact) mass is 430 g/mol. The zero-order chi connectivity index (χ0) is 22.4. The maximum atomic E-state index is 12.8. The molecule has 0 aliphatic heterocycles. The Labute approximate surface area is 174 Å². The molecule has 10 heteroatoms. The highest BCUT2D eigenvalue weighted by atomic mass is 19.4. The number of para-hydroxylation sites is 1. The molecule has 0 radical (unpaired) electrons. The number of carbonyl (C=O) groups excluding carboxylic acids is 2. The topological polar surface area (TPSA) is 92.2 Å². The maximum Gasteiger partial charge on any atom is 0.421 e. The third-order valence-electron chi connectivity index (χ3n) is 4.08. The number of pyridine rings is 1. The van der Waals surface area contributed by atoms with E-state index in [4.69, 9.17) is 0 Å². The SMILES string of the molecule is O=C(Cn1cccc(C(F)(F)F)c1=O)Nc1cccc(NC(=O)Nc2ccccc2)c1. The van der Waals surface area contributed by atoms with Crippen molar-refractivity contribution in [3.8, 4) is 0 Å². The second-order valence-corrected chi connectivity index (χ2v) is 6.43. The van der Waals surface area contributed by atoms with Crippen LogP contribution in [0.3, 0.4) is 0 Å². The van der Waals surface area contributed by atoms with Gasteiger partial charge in [-0.2, -0.15) is 13.2 Å². The molecule has 0 spiro atoms. The Kier molecular flexibility index (Phi) is 6.39. The van der Waals surface area contributed by atoms with Crippen LogP contribution < -0.4 is 21.5 Å². The molecule has 0 saturated heterocycles. The fourth-order valence-electron chi connectivity index (χ4n) is 2.72. The van der Waals surface area contributed by atoms with E-state index in [1.165, 1.54) is 12.1 Å². The summed E-state index contributed by atoms with van der Waals surface area (Å²) in [5, 5.41) is 7.73. The Morgan fingerprint density at radius 1 is 0.806 bits per heavy atom. The lowest BCUT2D eigenvalue weighted by atomic mass is 10.2. The van der Waals surface area contributed by atoms with Gasteiger partial charge >= 0.3 is 12.2 Å². The smallest absolute Gasteiger partial charge is 0.324 e. The number of amides is 3. The van der Waals surface area contributed by atoms with Crippen molar-refractivity contribution < 1.29 is 22.8 Å². The highest BCUT2D eigenvalue weighted by Gasteiger charge is 2.34. The molecular weight excluding hydrogens is 413 g/mol. The number of hydrogen-bond acceptors (Lipinski definition) is 3. The number of urea groups is 1. The minimum atomic E-state index is -4.81. The zero-order valence-electron chi connectivity index (χ0n) is 15.9. The Morgan fingerprint density at radius 3 is 2.10 bits per heavy atom. The molecular formula is C21H17F3N4O3. The summed E-state index contributed by atoms with van der Waals surface area (Å²) in [6, 6.07) is 16.2. The quantitative estimate of drug-likeness (QED) is 0.568. The van der Waals surface area contributed by atoms with E-state index >= 15 is 0 Å². The first-order chi connectivity index (χ1) is 14.7. The lowest BCUT2D eigenvalue weighted by molar-refractivity contribution is -0.139. The van der Waals surface area contributed by atoms with Crippen LogP contribution in [0.15, 0.2) is 77.7 Å². The van der Waals surface area contributed by atoms with Gasteiger partial charge in [0.15, 0.2) is 0 Å². The summed E-state index contributed by atoms with van der Waals surface area (Å²) in [7, 11) is 0. The molecule has 160 valence electrons. The number of nitrogens with zero attached hydrogens (tertiary/aromatic N) is 1. The van der Waals surface area contributed by atoms with Gasteiger partial charge in [-0.15, -0.1) is 0 Å². The van der Waals surface area contributed by atoms with E-state index in [1.54, 1.807) is 36.4 Å². The van der Waals surface area contributed by atoms with Crippen LogP contribution in [0.1, 0.15) is 5.56 Å². The highest BCUT2D eigenvalue weighted by Crippen LogP contribution is 2.26. The number of anilines is 3. The second kappa shape index (κ2) is 9.16. The van der Waals surface area contributed by atoms with Crippen LogP contribution in [0.5, 0.6) is 0 Å². The largest absolute Gasteiger partial charge is 0.421 e. The number of aromatic nitrogens is 1. The van der Waals surface area contributed by atoms with E-state index in [2.05, 4.69) is 16.0 Å². The number of nitrogens with one attached hydrogen (secondary N) is 3. The Hall–Kier alpha value is -4.08. The molecule has 31 heavy (non-hydrogen) atoms. The van der Waals surface area contributed by atoms with Crippen LogP contribution in [0.2, 0.25) is 0 Å². The molecule has 3 amide bonds. The summed E-state index contributed by atoms with van der Waals surface area (Å²) in [4.78, 5) is 36.2. The number of benzene rings is 2. The van der Waals surface area contributed by atoms with Crippen LogP contribution in [0.4, 0.5) is 35.0 Å². The summed E-state index contributed by atoms with van der Waals surface area (Å²) in [6.07, 6.45) is -3.71. The summed E-state index contributed by atoms with van der Waals surface area (Å²) in [5.41, 5.74) is -1.39. The number of rotatable bonds is 5. The van der Waals surface area contributed by atoms with Crippen molar-refractivity contribution in [1.82, 2.24) is 4.57 Å². The maximum absolute atomic E-state index is 12.8. The average Bonchev–Trinajstić information content (AvgIpc) is 2.69. The van der Waals surface area contributed by atoms with Crippen molar-refractivity contribution in [2.75, 3.05) is 16.0 Å². The van der Waals surface area contributed by atoms with Gasteiger partial charge in [-0.3, -0.25) is 9.59 Å². The van der Waals surface area contributed by atoms with Gasteiger partial charge in [0.05, 0.1) is 0 Å². The van der Waals surface area contributed by atoms with E-state index in [9.17, 15) is 27.6 Å². The van der Waals surface area contributed by atoms with Crippen LogP contribution in [0.25, 0.3) is 0 Å². The molecule has 1 heterocycles. The standard InChI is InChI=1S/C21H17F3N4O3/c22-21(23,24)17-10-5-11-28(19(17)30)13-18(29)25-15-8-4-9-16(12-15)27-20(31)26-14-6-2-1-3-7-14/h1-12H,13H2,(H,25,29)(H2,26,27,31). The molecule has 3 aromatic rings. The van der Waals surface area contributed by atoms with Crippen molar-refractivity contribution in [3.63, 3.8) is 0 Å². The summed E-state index contributed by atoms with van der Waals surface area (Å²) >= 11 is 0. The van der Waals surface area contributed by atoms with Crippen molar-refractivity contribution in [2.24, 2.45) is 0 Å². The van der Waals surface area contributed by atoms with Gasteiger partial charge in [0.1, 0.15) is 12.1 Å². The molecule has 0 saturated carbocycles. The molecule has 2 aromatic carbocycles. The van der Waals surface area contributed by atoms with Crippen molar-refractivity contribution in [3.05, 3.63) is 88.8 Å². The van der Waals surface area contributed by atoms with E-state index in [0.29, 0.717) is 27.7 Å². The summed E-state index contributed by atoms with van der Waals surface area (Å²) in [5.74, 6) is -0.702. The van der Waals surface area contributed by atoms with E-state index in [0.717, 1.165) is 12.3 Å². The lowest BCUT2D eigenvalue weighted by Crippen LogP contribution is -2.31. The minimum absolute atomic E-state index is 0.294. The van der Waals surface area contributed by atoms with Gasteiger partial charge in [0, 0.05) is 23.3 Å². The number of carbonyl (C=O) groups is 2. The lowest BCUT2D eigenvalue weighted by Gasteiger charge is -2.12.